The fourth-order valence-electron chi connectivity index (χ4n) is 3.97. The van der Waals surface area contributed by atoms with Gasteiger partial charge in [-0.3, -0.25) is 9.88 Å². The van der Waals surface area contributed by atoms with Gasteiger partial charge in [0.1, 0.15) is 11.9 Å². The Bertz CT molecular complexity index is 1180. The molecule has 0 amide bonds. The van der Waals surface area contributed by atoms with E-state index in [2.05, 4.69) is 30.2 Å². The summed E-state index contributed by atoms with van der Waals surface area (Å²) in [6, 6.07) is 10.6. The molecule has 0 spiro atoms. The van der Waals surface area contributed by atoms with Crippen LogP contribution in [-0.4, -0.2) is 44.5 Å². The second kappa shape index (κ2) is 8.41. The zero-order chi connectivity index (χ0) is 21.2. The van der Waals surface area contributed by atoms with Gasteiger partial charge in [-0.25, -0.2) is 14.4 Å². The average Bonchev–Trinajstić information content (AvgIpc) is 3.10. The molecule has 0 unspecified atom stereocenters. The van der Waals surface area contributed by atoms with Crippen molar-refractivity contribution in [3.8, 4) is 0 Å². The van der Waals surface area contributed by atoms with Crippen LogP contribution in [0.1, 0.15) is 23.1 Å². The Labute approximate surface area is 179 Å². The number of benzene rings is 1. The summed E-state index contributed by atoms with van der Waals surface area (Å²) in [4.78, 5) is 18.6. The number of hydrogen-bond donors (Lipinski definition) is 2. The van der Waals surface area contributed by atoms with E-state index in [1.165, 1.54) is 6.07 Å². The van der Waals surface area contributed by atoms with Crippen LogP contribution in [0.25, 0.3) is 10.9 Å². The monoisotopic (exact) mass is 418 g/mol. The summed E-state index contributed by atoms with van der Waals surface area (Å²) in [7, 11) is 0. The van der Waals surface area contributed by atoms with Crippen molar-refractivity contribution in [1.82, 2.24) is 24.8 Å². The zero-order valence-electron chi connectivity index (χ0n) is 17.2. The number of H-pyrrole nitrogens is 1. The lowest BCUT2D eigenvalue weighted by molar-refractivity contribution is -0.0349. The third kappa shape index (κ3) is 4.26. The van der Waals surface area contributed by atoms with Crippen molar-refractivity contribution in [3.05, 3.63) is 77.8 Å². The molecule has 0 saturated carbocycles. The Balaban J connectivity index is 1.28. The van der Waals surface area contributed by atoms with E-state index in [0.717, 1.165) is 53.2 Å². The Morgan fingerprint density at radius 3 is 2.87 bits per heavy atom. The molecule has 0 bridgehead atoms. The number of rotatable bonds is 5. The van der Waals surface area contributed by atoms with Crippen LogP contribution in [0, 0.1) is 12.7 Å². The number of halogens is 1. The number of nitrogens with zero attached hydrogens (tertiary/aromatic N) is 4. The normalized spacial score (nSPS) is 17.2. The molecule has 1 fully saturated rings. The Kier molecular flexibility index (Phi) is 5.31. The number of fused-ring (bicyclic) bond motifs is 1. The van der Waals surface area contributed by atoms with E-state index >= 15 is 0 Å². The van der Waals surface area contributed by atoms with Crippen molar-refractivity contribution >= 4 is 22.5 Å². The van der Waals surface area contributed by atoms with Crippen LogP contribution in [0.5, 0.6) is 0 Å². The Morgan fingerprint density at radius 1 is 1.19 bits per heavy atom. The highest BCUT2D eigenvalue weighted by Crippen LogP contribution is 2.27. The second-order valence-corrected chi connectivity index (χ2v) is 7.68. The number of ether oxygens (including phenoxy) is 1. The molecule has 1 saturated heterocycles. The first-order valence-corrected chi connectivity index (χ1v) is 10.3. The maximum atomic E-state index is 13.8. The van der Waals surface area contributed by atoms with E-state index < -0.39 is 0 Å². The van der Waals surface area contributed by atoms with Gasteiger partial charge in [0.25, 0.3) is 0 Å². The van der Waals surface area contributed by atoms with E-state index in [0.29, 0.717) is 12.6 Å². The van der Waals surface area contributed by atoms with Crippen molar-refractivity contribution in [1.29, 1.82) is 0 Å². The van der Waals surface area contributed by atoms with Crippen LogP contribution in [0.4, 0.5) is 16.0 Å². The van der Waals surface area contributed by atoms with Gasteiger partial charge in [0.05, 0.1) is 24.2 Å². The number of anilines is 2. The van der Waals surface area contributed by atoms with Crippen LogP contribution < -0.4 is 5.32 Å². The molecular weight excluding hydrogens is 395 g/mol. The molecule has 158 valence electrons. The smallest absolute Gasteiger partial charge is 0.227 e. The molecule has 31 heavy (non-hydrogen) atoms. The molecule has 1 aliphatic heterocycles. The van der Waals surface area contributed by atoms with Crippen molar-refractivity contribution in [2.45, 2.75) is 19.6 Å². The predicted octanol–water partition coefficient (Wildman–Crippen LogP) is 4.12. The summed E-state index contributed by atoms with van der Waals surface area (Å²) in [5.74, 6) is 0.314. The van der Waals surface area contributed by atoms with Gasteiger partial charge in [-0.1, -0.05) is 0 Å². The molecular formula is C23H23FN6O. The van der Waals surface area contributed by atoms with E-state index in [1.807, 2.05) is 19.1 Å². The van der Waals surface area contributed by atoms with Gasteiger partial charge in [-0.05, 0) is 48.9 Å². The minimum absolute atomic E-state index is 0.113. The van der Waals surface area contributed by atoms with Crippen LogP contribution in [0.2, 0.25) is 0 Å². The highest BCUT2D eigenvalue weighted by atomic mass is 19.1. The summed E-state index contributed by atoms with van der Waals surface area (Å²) in [5, 5.41) is 4.07. The number of pyridine rings is 1. The number of hydrogen-bond acceptors (Lipinski definition) is 6. The number of aromatic nitrogens is 4. The van der Waals surface area contributed by atoms with E-state index in [9.17, 15) is 4.39 Å². The summed E-state index contributed by atoms with van der Waals surface area (Å²) in [6.45, 7) is 4.95. The van der Waals surface area contributed by atoms with Gasteiger partial charge in [0, 0.05) is 48.6 Å². The topological polar surface area (TPSA) is 79.0 Å². The molecule has 4 aromatic rings. The fraction of sp³-hybridized carbons (Fsp3) is 0.261. The molecule has 1 aliphatic rings. The van der Waals surface area contributed by atoms with E-state index in [4.69, 9.17) is 4.74 Å². The fourth-order valence-corrected chi connectivity index (χ4v) is 3.97. The first kappa shape index (κ1) is 19.6. The Morgan fingerprint density at radius 2 is 2.06 bits per heavy atom. The number of aryl methyl sites for hydroxylation is 1. The van der Waals surface area contributed by atoms with Crippen molar-refractivity contribution in [3.63, 3.8) is 0 Å². The number of morpholine rings is 1. The van der Waals surface area contributed by atoms with Crippen LogP contribution in [0.15, 0.2) is 55.0 Å². The zero-order valence-corrected chi connectivity index (χ0v) is 17.2. The molecule has 5 rings (SSSR count). The number of aromatic amines is 1. The number of nitrogens with one attached hydrogen (secondary N) is 2. The Hall–Kier alpha value is -3.36. The lowest BCUT2D eigenvalue weighted by atomic mass is 10.1. The molecule has 3 aromatic heterocycles. The summed E-state index contributed by atoms with van der Waals surface area (Å²) in [5.41, 5.74) is 4.86. The minimum Gasteiger partial charge on any atom is -0.369 e. The van der Waals surface area contributed by atoms with Crippen molar-refractivity contribution < 1.29 is 9.13 Å². The van der Waals surface area contributed by atoms with Gasteiger partial charge in [-0.2, -0.15) is 0 Å². The molecule has 8 heteroatoms. The molecule has 7 nitrogen and oxygen atoms in total. The standard InChI is InChI=1S/C23H23FN6O/c1-15-19(18-11-16(24)3-5-20(18)28-15)13-30-9-10-31-22(14-30)21-6-4-17(12-27-21)29-23-25-7-2-8-26-23/h2-8,11-12,22,28H,9-10,13-14H2,1H3,(H,25,26,29)/t22-/m0/s1. The van der Waals surface area contributed by atoms with E-state index in [-0.39, 0.29) is 11.9 Å². The maximum absolute atomic E-state index is 13.8. The third-order valence-corrected chi connectivity index (χ3v) is 5.55. The lowest BCUT2D eigenvalue weighted by Crippen LogP contribution is -2.38. The highest BCUT2D eigenvalue weighted by molar-refractivity contribution is 5.84. The minimum atomic E-state index is -0.216. The third-order valence-electron chi connectivity index (χ3n) is 5.55. The summed E-state index contributed by atoms with van der Waals surface area (Å²) in [6.07, 6.45) is 5.02. The molecule has 4 heterocycles. The predicted molar refractivity (Wildman–Crippen MR) is 117 cm³/mol. The molecule has 0 aliphatic carbocycles. The largest absolute Gasteiger partial charge is 0.369 e. The van der Waals surface area contributed by atoms with Crippen LogP contribution >= 0.6 is 0 Å². The van der Waals surface area contributed by atoms with Gasteiger partial charge < -0.3 is 15.0 Å². The van der Waals surface area contributed by atoms with Crippen molar-refractivity contribution in [2.75, 3.05) is 25.0 Å². The van der Waals surface area contributed by atoms with Crippen LogP contribution in [-0.2, 0) is 11.3 Å². The summed E-state index contributed by atoms with van der Waals surface area (Å²) >= 11 is 0. The maximum Gasteiger partial charge on any atom is 0.227 e. The highest BCUT2D eigenvalue weighted by Gasteiger charge is 2.24. The van der Waals surface area contributed by atoms with Gasteiger partial charge in [0.2, 0.25) is 5.95 Å². The van der Waals surface area contributed by atoms with Gasteiger partial charge in [0.15, 0.2) is 0 Å². The molecule has 0 radical (unpaired) electrons. The van der Waals surface area contributed by atoms with E-state index in [1.54, 1.807) is 36.8 Å². The first-order valence-electron chi connectivity index (χ1n) is 10.3. The molecule has 1 aromatic carbocycles. The van der Waals surface area contributed by atoms with Crippen LogP contribution in [0.3, 0.4) is 0 Å². The van der Waals surface area contributed by atoms with Crippen molar-refractivity contribution in [2.24, 2.45) is 0 Å². The van der Waals surface area contributed by atoms with Gasteiger partial charge in [-0.15, -0.1) is 0 Å². The quantitative estimate of drug-likeness (QED) is 0.508. The lowest BCUT2D eigenvalue weighted by Gasteiger charge is -2.32. The molecule has 1 atom stereocenters. The average molecular weight is 418 g/mol. The van der Waals surface area contributed by atoms with Gasteiger partial charge >= 0.3 is 0 Å². The first-order chi connectivity index (χ1) is 15.2. The second-order valence-electron chi connectivity index (χ2n) is 7.68. The SMILES string of the molecule is Cc1[nH]c2ccc(F)cc2c1CN1CCO[C@H](c2ccc(Nc3ncccn3)cn2)C1. The summed E-state index contributed by atoms with van der Waals surface area (Å²) < 4.78 is 19.8. The molecule has 2 N–H and O–H groups in total.